The van der Waals surface area contributed by atoms with Crippen LogP contribution in [-0.4, -0.2) is 67.6 Å². The van der Waals surface area contributed by atoms with Crippen LogP contribution in [0.5, 0.6) is 0 Å². The Balaban J connectivity index is 1.60. The van der Waals surface area contributed by atoms with Gasteiger partial charge in [0.15, 0.2) is 0 Å². The monoisotopic (exact) mass is 421 g/mol. The first-order chi connectivity index (χ1) is 14.4. The van der Waals surface area contributed by atoms with Crippen molar-refractivity contribution in [2.75, 3.05) is 42.6 Å². The first-order valence-corrected chi connectivity index (χ1v) is 9.59. The molecule has 0 radical (unpaired) electrons. The molecule has 1 aromatic carbocycles. The molecule has 1 atom stereocenters. The first-order valence-electron chi connectivity index (χ1n) is 9.59. The molecule has 2 fully saturated rings. The van der Waals surface area contributed by atoms with Crippen molar-refractivity contribution in [2.45, 2.75) is 25.9 Å². The molecule has 2 aliphatic heterocycles. The number of carbonyl (C=O) groups excluding carboxylic acids is 3. The van der Waals surface area contributed by atoms with Crippen LogP contribution in [-0.2, 0) is 14.3 Å². The van der Waals surface area contributed by atoms with Crippen LogP contribution >= 0.6 is 0 Å². The van der Waals surface area contributed by atoms with Gasteiger partial charge in [0.1, 0.15) is 18.5 Å². The fourth-order valence-electron chi connectivity index (χ4n) is 3.31. The number of halogens is 1. The molecular weight excluding hydrogens is 397 g/mol. The van der Waals surface area contributed by atoms with Crippen LogP contribution in [0.25, 0.3) is 0 Å². The van der Waals surface area contributed by atoms with E-state index in [0.29, 0.717) is 37.3 Å². The average molecular weight is 421 g/mol. The highest BCUT2D eigenvalue weighted by molar-refractivity contribution is 5.90. The van der Waals surface area contributed by atoms with E-state index in [4.69, 9.17) is 9.84 Å². The lowest BCUT2D eigenvalue weighted by atomic mass is 10.1. The van der Waals surface area contributed by atoms with Gasteiger partial charge in [-0.3, -0.25) is 14.5 Å². The standard InChI is InChI=1S/C19H24FN5O5/c1-12(27)21-9-15-10-25(19(29)30-15)14-2-3-17(16(20)8-14)24-6-4-13(5-7-24)22-23-18(28)11-26/h2-3,8,15,26H,4-7,9-11H2,1H3,(H,21,27)(H,23,28)/t15-/m0/s1. The number of amides is 3. The van der Waals surface area contributed by atoms with Crippen LogP contribution < -0.4 is 20.5 Å². The van der Waals surface area contributed by atoms with Crippen LogP contribution in [0, 0.1) is 5.82 Å². The normalized spacial score (nSPS) is 18.8. The molecule has 0 aromatic heterocycles. The zero-order valence-electron chi connectivity index (χ0n) is 16.6. The molecule has 0 bridgehead atoms. The highest BCUT2D eigenvalue weighted by atomic mass is 19.1. The molecule has 2 heterocycles. The number of nitrogens with zero attached hydrogens (tertiary/aromatic N) is 3. The van der Waals surface area contributed by atoms with Crippen molar-refractivity contribution in [3.05, 3.63) is 24.0 Å². The van der Waals surface area contributed by atoms with E-state index in [0.717, 1.165) is 5.71 Å². The van der Waals surface area contributed by atoms with Crippen molar-refractivity contribution >= 4 is 35.0 Å². The highest BCUT2D eigenvalue weighted by Crippen LogP contribution is 2.29. The molecular formula is C19H24FN5O5. The molecule has 2 saturated heterocycles. The van der Waals surface area contributed by atoms with Crippen molar-refractivity contribution in [2.24, 2.45) is 5.10 Å². The van der Waals surface area contributed by atoms with E-state index in [1.165, 1.54) is 17.9 Å². The zero-order valence-corrected chi connectivity index (χ0v) is 16.6. The Labute approximate surface area is 172 Å². The molecule has 11 heteroatoms. The van der Waals surface area contributed by atoms with Crippen LogP contribution in [0.1, 0.15) is 19.8 Å². The number of carbonyl (C=O) groups is 3. The van der Waals surface area contributed by atoms with Crippen LogP contribution in [0.2, 0.25) is 0 Å². The Morgan fingerprint density at radius 3 is 2.70 bits per heavy atom. The summed E-state index contributed by atoms with van der Waals surface area (Å²) in [4.78, 5) is 37.4. The molecule has 162 valence electrons. The van der Waals surface area contributed by atoms with Crippen molar-refractivity contribution in [3.8, 4) is 0 Å². The van der Waals surface area contributed by atoms with Gasteiger partial charge in [0.25, 0.3) is 5.91 Å². The molecule has 0 spiro atoms. The minimum Gasteiger partial charge on any atom is -0.442 e. The minimum absolute atomic E-state index is 0.203. The van der Waals surface area contributed by atoms with Crippen molar-refractivity contribution < 1.29 is 28.6 Å². The van der Waals surface area contributed by atoms with Crippen molar-refractivity contribution in [1.29, 1.82) is 0 Å². The maximum Gasteiger partial charge on any atom is 0.414 e. The lowest BCUT2D eigenvalue weighted by Gasteiger charge is -2.30. The lowest BCUT2D eigenvalue weighted by Crippen LogP contribution is -2.36. The SMILES string of the molecule is CC(=O)NC[C@H]1CN(c2ccc(N3CCC(=NNC(=O)CO)CC3)c(F)c2)C(=O)O1. The molecule has 3 rings (SSSR count). The van der Waals surface area contributed by atoms with E-state index in [2.05, 4.69) is 15.8 Å². The van der Waals surface area contributed by atoms with Gasteiger partial charge in [0.05, 0.1) is 24.5 Å². The van der Waals surface area contributed by atoms with Crippen molar-refractivity contribution in [3.63, 3.8) is 0 Å². The van der Waals surface area contributed by atoms with Gasteiger partial charge in [-0.2, -0.15) is 5.10 Å². The summed E-state index contributed by atoms with van der Waals surface area (Å²) in [6.07, 6.45) is 0.0309. The van der Waals surface area contributed by atoms with E-state index >= 15 is 0 Å². The number of rotatable bonds is 6. The maximum absolute atomic E-state index is 14.8. The fourth-order valence-corrected chi connectivity index (χ4v) is 3.31. The number of piperidine rings is 1. The summed E-state index contributed by atoms with van der Waals surface area (Å²) < 4.78 is 20.0. The summed E-state index contributed by atoms with van der Waals surface area (Å²) in [6.45, 7) is 2.22. The minimum atomic E-state index is -0.626. The number of cyclic esters (lactones) is 1. The number of ether oxygens (including phenoxy) is 1. The van der Waals surface area contributed by atoms with Gasteiger partial charge in [-0.05, 0) is 18.2 Å². The number of anilines is 2. The first kappa shape index (κ1) is 21.5. The fraction of sp³-hybridized carbons (Fsp3) is 0.474. The summed E-state index contributed by atoms with van der Waals surface area (Å²) in [5, 5.41) is 15.2. The number of hydrazone groups is 1. The average Bonchev–Trinajstić information content (AvgIpc) is 3.11. The van der Waals surface area contributed by atoms with E-state index in [9.17, 15) is 18.8 Å². The predicted octanol–water partition coefficient (Wildman–Crippen LogP) is 0.352. The maximum atomic E-state index is 14.8. The second-order valence-corrected chi connectivity index (χ2v) is 7.05. The molecule has 3 N–H and O–H groups in total. The number of nitrogens with one attached hydrogen (secondary N) is 2. The zero-order chi connectivity index (χ0) is 21.7. The number of hydrogen-bond acceptors (Lipinski definition) is 7. The molecule has 2 aliphatic rings. The molecule has 0 unspecified atom stereocenters. The number of hydrogen-bond donors (Lipinski definition) is 3. The summed E-state index contributed by atoms with van der Waals surface area (Å²) in [6, 6.07) is 4.57. The van der Waals surface area contributed by atoms with Crippen molar-refractivity contribution in [1.82, 2.24) is 10.7 Å². The van der Waals surface area contributed by atoms with Gasteiger partial charge in [0.2, 0.25) is 5.91 Å². The van der Waals surface area contributed by atoms with E-state index in [1.54, 1.807) is 12.1 Å². The second kappa shape index (κ2) is 9.53. The predicted molar refractivity (Wildman–Crippen MR) is 107 cm³/mol. The molecule has 10 nitrogen and oxygen atoms in total. The van der Waals surface area contributed by atoms with Crippen LogP contribution in [0.4, 0.5) is 20.6 Å². The Morgan fingerprint density at radius 1 is 1.33 bits per heavy atom. The van der Waals surface area contributed by atoms with Gasteiger partial charge >= 0.3 is 6.09 Å². The second-order valence-electron chi connectivity index (χ2n) is 7.05. The Morgan fingerprint density at radius 2 is 2.07 bits per heavy atom. The highest BCUT2D eigenvalue weighted by Gasteiger charge is 2.33. The topological polar surface area (TPSA) is 124 Å². The van der Waals surface area contributed by atoms with E-state index in [-0.39, 0.29) is 19.0 Å². The van der Waals surface area contributed by atoms with Gasteiger partial charge in [-0.25, -0.2) is 14.6 Å². The summed E-state index contributed by atoms with van der Waals surface area (Å²) in [5.41, 5.74) is 3.84. The summed E-state index contributed by atoms with van der Waals surface area (Å²) in [5.74, 6) is -1.25. The molecule has 30 heavy (non-hydrogen) atoms. The van der Waals surface area contributed by atoms with Gasteiger partial charge in [-0.1, -0.05) is 0 Å². The third kappa shape index (κ3) is 5.23. The molecule has 3 amide bonds. The molecule has 0 aliphatic carbocycles. The van der Waals surface area contributed by atoms with E-state index < -0.39 is 30.5 Å². The van der Waals surface area contributed by atoms with Gasteiger partial charge in [0, 0.05) is 38.6 Å². The Hall–Kier alpha value is -3.21. The third-order valence-corrected chi connectivity index (χ3v) is 4.86. The smallest absolute Gasteiger partial charge is 0.414 e. The van der Waals surface area contributed by atoms with Crippen LogP contribution in [0.15, 0.2) is 23.3 Å². The molecule has 0 saturated carbocycles. The lowest BCUT2D eigenvalue weighted by molar-refractivity contribution is -0.123. The summed E-state index contributed by atoms with van der Waals surface area (Å²) >= 11 is 0. The number of aliphatic hydroxyl groups excluding tert-OH is 1. The van der Waals surface area contributed by atoms with Gasteiger partial charge < -0.3 is 20.1 Å². The summed E-state index contributed by atoms with van der Waals surface area (Å²) in [7, 11) is 0. The van der Waals surface area contributed by atoms with E-state index in [1.807, 2.05) is 4.90 Å². The number of aliphatic hydroxyl groups is 1. The van der Waals surface area contributed by atoms with Gasteiger partial charge in [-0.15, -0.1) is 0 Å². The van der Waals surface area contributed by atoms with Crippen LogP contribution in [0.3, 0.4) is 0 Å². The number of benzene rings is 1. The molecule has 1 aromatic rings. The third-order valence-electron chi connectivity index (χ3n) is 4.86. The largest absolute Gasteiger partial charge is 0.442 e. The Kier molecular flexibility index (Phi) is 6.83. The Bertz CT molecular complexity index is 852. The quantitative estimate of drug-likeness (QED) is 0.570.